The molecule has 2 atom stereocenters. The number of nitrogens with two attached hydrogens (primary N) is 1. The zero-order valence-corrected chi connectivity index (χ0v) is 9.33. The smallest absolute Gasteiger partial charge is 0.267 e. The SMILES string of the molecule is N#CC1(C(N)=O)OC1c1cccc2ncccc12. The van der Waals surface area contributed by atoms with Crippen LogP contribution in [0.3, 0.4) is 0 Å². The van der Waals surface area contributed by atoms with Gasteiger partial charge in [-0.25, -0.2) is 0 Å². The molecule has 0 aliphatic carbocycles. The first-order chi connectivity index (χ1) is 8.69. The summed E-state index contributed by atoms with van der Waals surface area (Å²) in [5.74, 6) is -0.754. The lowest BCUT2D eigenvalue weighted by Crippen LogP contribution is -2.31. The van der Waals surface area contributed by atoms with E-state index in [0.29, 0.717) is 0 Å². The minimum Gasteiger partial charge on any atom is -0.366 e. The first kappa shape index (κ1) is 10.7. The summed E-state index contributed by atoms with van der Waals surface area (Å²) in [7, 11) is 0. The molecule has 1 aromatic carbocycles. The zero-order valence-electron chi connectivity index (χ0n) is 9.33. The van der Waals surface area contributed by atoms with E-state index in [1.807, 2.05) is 30.3 Å². The van der Waals surface area contributed by atoms with Gasteiger partial charge in [-0.15, -0.1) is 0 Å². The number of hydrogen-bond acceptors (Lipinski definition) is 4. The normalized spacial score (nSPS) is 25.6. The molecule has 0 bridgehead atoms. The van der Waals surface area contributed by atoms with Crippen LogP contribution in [0.5, 0.6) is 0 Å². The van der Waals surface area contributed by atoms with Crippen molar-refractivity contribution >= 4 is 16.8 Å². The fourth-order valence-corrected chi connectivity index (χ4v) is 2.12. The van der Waals surface area contributed by atoms with Crippen LogP contribution in [-0.4, -0.2) is 16.5 Å². The van der Waals surface area contributed by atoms with Crippen LogP contribution >= 0.6 is 0 Å². The van der Waals surface area contributed by atoms with Crippen molar-refractivity contribution in [3.8, 4) is 6.07 Å². The van der Waals surface area contributed by atoms with Crippen LogP contribution in [0.25, 0.3) is 10.9 Å². The van der Waals surface area contributed by atoms with Gasteiger partial charge in [0.2, 0.25) is 0 Å². The predicted octanol–water partition coefficient (Wildman–Crippen LogP) is 1.05. The van der Waals surface area contributed by atoms with Crippen LogP contribution in [0.15, 0.2) is 36.5 Å². The average Bonchev–Trinajstić information content (AvgIpc) is 3.14. The first-order valence-electron chi connectivity index (χ1n) is 5.41. The molecular formula is C13H9N3O2. The number of hydrogen-bond donors (Lipinski definition) is 1. The Hall–Kier alpha value is -2.45. The number of epoxide rings is 1. The molecule has 2 N–H and O–H groups in total. The highest BCUT2D eigenvalue weighted by Crippen LogP contribution is 2.50. The van der Waals surface area contributed by atoms with E-state index >= 15 is 0 Å². The lowest BCUT2D eigenvalue weighted by Gasteiger charge is -2.03. The van der Waals surface area contributed by atoms with Gasteiger partial charge in [0, 0.05) is 11.6 Å². The Bertz CT molecular complexity index is 687. The quantitative estimate of drug-likeness (QED) is 0.793. The number of benzene rings is 1. The highest BCUT2D eigenvalue weighted by molar-refractivity contribution is 5.93. The number of nitrogens with zero attached hydrogens (tertiary/aromatic N) is 2. The van der Waals surface area contributed by atoms with Gasteiger partial charge in [0.25, 0.3) is 11.5 Å². The summed E-state index contributed by atoms with van der Waals surface area (Å²) in [5.41, 5.74) is 5.25. The second kappa shape index (κ2) is 3.52. The molecule has 18 heavy (non-hydrogen) atoms. The number of pyridine rings is 1. The van der Waals surface area contributed by atoms with Crippen molar-refractivity contribution in [2.24, 2.45) is 5.73 Å². The van der Waals surface area contributed by atoms with Crippen LogP contribution < -0.4 is 5.73 Å². The van der Waals surface area contributed by atoms with Gasteiger partial charge in [-0.1, -0.05) is 18.2 Å². The highest BCUT2D eigenvalue weighted by atomic mass is 16.6. The van der Waals surface area contributed by atoms with Crippen molar-refractivity contribution in [2.75, 3.05) is 0 Å². The number of nitriles is 1. The van der Waals surface area contributed by atoms with Gasteiger partial charge in [-0.05, 0) is 17.7 Å². The second-order valence-corrected chi connectivity index (χ2v) is 4.13. The fourth-order valence-electron chi connectivity index (χ4n) is 2.12. The van der Waals surface area contributed by atoms with Crippen LogP contribution in [0.1, 0.15) is 11.7 Å². The molecule has 1 saturated heterocycles. The molecule has 1 aliphatic rings. The number of ether oxygens (including phenoxy) is 1. The van der Waals surface area contributed by atoms with Crippen molar-refractivity contribution < 1.29 is 9.53 Å². The molecule has 1 aliphatic heterocycles. The molecule has 0 radical (unpaired) electrons. The maximum absolute atomic E-state index is 11.3. The molecular weight excluding hydrogens is 230 g/mol. The molecule has 2 aromatic rings. The third-order valence-electron chi connectivity index (χ3n) is 3.11. The van der Waals surface area contributed by atoms with Crippen molar-refractivity contribution in [1.29, 1.82) is 5.26 Å². The van der Waals surface area contributed by atoms with Gasteiger partial charge in [-0.2, -0.15) is 5.26 Å². The third-order valence-corrected chi connectivity index (χ3v) is 3.11. The Balaban J connectivity index is 2.14. The molecule has 3 rings (SSSR count). The number of carbonyl (C=O) groups excluding carboxylic acids is 1. The molecule has 2 unspecified atom stereocenters. The van der Waals surface area contributed by atoms with Gasteiger partial charge in [0.05, 0.1) is 5.52 Å². The molecule has 2 heterocycles. The van der Waals surface area contributed by atoms with Gasteiger partial charge < -0.3 is 10.5 Å². The fraction of sp³-hybridized carbons (Fsp3) is 0.154. The van der Waals surface area contributed by atoms with E-state index in [1.54, 1.807) is 12.3 Å². The average molecular weight is 239 g/mol. The number of primary amides is 1. The molecule has 88 valence electrons. The largest absolute Gasteiger partial charge is 0.366 e. The zero-order chi connectivity index (χ0) is 12.8. The van der Waals surface area contributed by atoms with Gasteiger partial charge in [-0.3, -0.25) is 9.78 Å². The predicted molar refractivity (Wildman–Crippen MR) is 63.1 cm³/mol. The van der Waals surface area contributed by atoms with Gasteiger partial charge >= 0.3 is 0 Å². The summed E-state index contributed by atoms with van der Waals surface area (Å²) in [6.45, 7) is 0. The number of fused-ring (bicyclic) bond motifs is 1. The Kier molecular flexibility index (Phi) is 2.09. The van der Waals surface area contributed by atoms with E-state index in [4.69, 9.17) is 15.7 Å². The summed E-state index contributed by atoms with van der Waals surface area (Å²) in [5, 5.41) is 9.90. The van der Waals surface area contributed by atoms with Crippen molar-refractivity contribution in [2.45, 2.75) is 11.7 Å². The van der Waals surface area contributed by atoms with E-state index in [-0.39, 0.29) is 0 Å². The minimum atomic E-state index is -1.52. The van der Waals surface area contributed by atoms with Crippen LogP contribution in [-0.2, 0) is 9.53 Å². The summed E-state index contributed by atoms with van der Waals surface area (Å²) in [4.78, 5) is 15.5. The third kappa shape index (κ3) is 1.30. The molecule has 5 heteroatoms. The summed E-state index contributed by atoms with van der Waals surface area (Å²) in [6, 6.07) is 11.0. The Labute approximate surface area is 103 Å². The maximum atomic E-state index is 11.3. The number of carbonyl (C=O) groups is 1. The molecule has 5 nitrogen and oxygen atoms in total. The van der Waals surface area contributed by atoms with E-state index < -0.39 is 17.6 Å². The van der Waals surface area contributed by atoms with E-state index in [0.717, 1.165) is 16.5 Å². The first-order valence-corrected chi connectivity index (χ1v) is 5.41. The Morgan fingerprint density at radius 2 is 2.28 bits per heavy atom. The lowest BCUT2D eigenvalue weighted by molar-refractivity contribution is -0.121. The molecule has 0 saturated carbocycles. The topological polar surface area (TPSA) is 92.3 Å². The van der Waals surface area contributed by atoms with Gasteiger partial charge in [0.15, 0.2) is 0 Å². The summed E-state index contributed by atoms with van der Waals surface area (Å²) in [6.07, 6.45) is 1.08. The van der Waals surface area contributed by atoms with Crippen molar-refractivity contribution in [3.63, 3.8) is 0 Å². The summed E-state index contributed by atoms with van der Waals surface area (Å²) >= 11 is 0. The Morgan fingerprint density at radius 3 is 2.94 bits per heavy atom. The van der Waals surface area contributed by atoms with Crippen molar-refractivity contribution in [1.82, 2.24) is 4.98 Å². The Morgan fingerprint density at radius 1 is 1.44 bits per heavy atom. The number of aromatic nitrogens is 1. The molecule has 0 spiro atoms. The van der Waals surface area contributed by atoms with Crippen LogP contribution in [0.4, 0.5) is 0 Å². The van der Waals surface area contributed by atoms with Crippen LogP contribution in [0.2, 0.25) is 0 Å². The van der Waals surface area contributed by atoms with E-state index in [9.17, 15) is 4.79 Å². The second-order valence-electron chi connectivity index (χ2n) is 4.13. The van der Waals surface area contributed by atoms with Crippen LogP contribution in [0, 0.1) is 11.3 Å². The standard InChI is InChI=1S/C13H9N3O2/c14-7-13(12(15)17)11(18-13)9-3-1-5-10-8(9)4-2-6-16-10/h1-6,11H,(H2,15,17). The maximum Gasteiger partial charge on any atom is 0.267 e. The highest BCUT2D eigenvalue weighted by Gasteiger charge is 2.64. The van der Waals surface area contributed by atoms with Gasteiger partial charge in [0.1, 0.15) is 12.2 Å². The number of rotatable bonds is 2. The monoisotopic (exact) mass is 239 g/mol. The molecule has 1 fully saturated rings. The lowest BCUT2D eigenvalue weighted by atomic mass is 9.97. The van der Waals surface area contributed by atoms with E-state index in [1.165, 1.54) is 0 Å². The molecule has 1 aromatic heterocycles. The molecule has 1 amide bonds. The van der Waals surface area contributed by atoms with E-state index in [2.05, 4.69) is 4.98 Å². The minimum absolute atomic E-state index is 0.604. The number of amides is 1. The summed E-state index contributed by atoms with van der Waals surface area (Å²) < 4.78 is 5.25. The van der Waals surface area contributed by atoms with Crippen molar-refractivity contribution in [3.05, 3.63) is 42.1 Å².